The molecule has 0 spiro atoms. The minimum absolute atomic E-state index is 0.0419. The molecule has 0 fully saturated rings. The number of aromatic nitrogens is 4. The van der Waals surface area contributed by atoms with Crippen molar-refractivity contribution in [2.24, 2.45) is 0 Å². The Bertz CT molecular complexity index is 764. The topological polar surface area (TPSA) is 105 Å². The molecule has 2 aromatic heterocycles. The molecule has 0 saturated heterocycles. The summed E-state index contributed by atoms with van der Waals surface area (Å²) in [6.45, 7) is 4.56. The van der Waals surface area contributed by atoms with Crippen LogP contribution in [0.4, 0.5) is 0 Å². The average molecular weight is 303 g/mol. The Morgan fingerprint density at radius 1 is 1.27 bits per heavy atom. The summed E-state index contributed by atoms with van der Waals surface area (Å²) in [6, 6.07) is 0. The number of H-pyrrole nitrogens is 1. The summed E-state index contributed by atoms with van der Waals surface area (Å²) in [5.74, 6) is 0.563. The predicted octanol–water partition coefficient (Wildman–Crippen LogP) is -0.0604. The normalized spacial score (nSPS) is 14.5. The fraction of sp³-hybridized carbons (Fsp3) is 0.500. The number of nitrogens with zero attached hydrogens (tertiary/aromatic N) is 4. The number of amides is 1. The minimum atomic E-state index is -0.103. The Kier molecular flexibility index (Phi) is 3.74. The van der Waals surface area contributed by atoms with Gasteiger partial charge in [-0.25, -0.2) is 9.61 Å². The van der Waals surface area contributed by atoms with Crippen LogP contribution in [0.3, 0.4) is 0 Å². The Labute approximate surface area is 126 Å². The van der Waals surface area contributed by atoms with Gasteiger partial charge in [0.05, 0.1) is 12.1 Å². The molecular weight excluding hydrogens is 286 g/mol. The van der Waals surface area contributed by atoms with Gasteiger partial charge in [-0.3, -0.25) is 9.59 Å². The first kappa shape index (κ1) is 14.4. The molecule has 8 heteroatoms. The van der Waals surface area contributed by atoms with Crippen molar-refractivity contribution in [1.29, 1.82) is 0 Å². The van der Waals surface area contributed by atoms with Crippen molar-refractivity contribution in [2.75, 3.05) is 13.1 Å². The largest absolute Gasteiger partial charge is 0.342 e. The van der Waals surface area contributed by atoms with E-state index in [1.165, 1.54) is 0 Å². The van der Waals surface area contributed by atoms with E-state index in [4.69, 9.17) is 0 Å². The van der Waals surface area contributed by atoms with E-state index >= 15 is 0 Å². The van der Waals surface area contributed by atoms with Crippen molar-refractivity contribution in [3.8, 4) is 0 Å². The summed E-state index contributed by atoms with van der Waals surface area (Å²) in [5, 5.41) is 7.41. The second-order valence-corrected chi connectivity index (χ2v) is 5.43. The number of aryl methyl sites for hydroxylation is 2. The average Bonchev–Trinajstić information content (AvgIpc) is 2.73. The summed E-state index contributed by atoms with van der Waals surface area (Å²) < 4.78 is 4.61. The van der Waals surface area contributed by atoms with E-state index in [0.717, 1.165) is 5.69 Å². The number of carbonyl (C=O) groups is 1. The molecule has 0 unspecified atom stereocenters. The van der Waals surface area contributed by atoms with Crippen LogP contribution in [0, 0.1) is 13.8 Å². The molecule has 22 heavy (non-hydrogen) atoms. The minimum Gasteiger partial charge on any atom is -0.342 e. The summed E-state index contributed by atoms with van der Waals surface area (Å²) in [6.07, 6.45) is 1.26. The van der Waals surface area contributed by atoms with Gasteiger partial charge in [0.2, 0.25) is 5.91 Å². The van der Waals surface area contributed by atoms with Gasteiger partial charge in [0.25, 0.3) is 5.56 Å². The SMILES string of the molecule is Cc1nc2c(c(=O)[nH]1)CCN(C(=O)Cc1nonc1C)CC2. The molecule has 3 heterocycles. The lowest BCUT2D eigenvalue weighted by Gasteiger charge is -2.19. The fourth-order valence-corrected chi connectivity index (χ4v) is 2.65. The van der Waals surface area contributed by atoms with Crippen molar-refractivity contribution in [3.63, 3.8) is 0 Å². The molecule has 0 bridgehead atoms. The molecule has 0 aliphatic carbocycles. The van der Waals surface area contributed by atoms with Crippen LogP contribution in [0.5, 0.6) is 0 Å². The number of nitrogens with one attached hydrogen (secondary N) is 1. The lowest BCUT2D eigenvalue weighted by Crippen LogP contribution is -2.34. The van der Waals surface area contributed by atoms with Crippen LogP contribution >= 0.6 is 0 Å². The predicted molar refractivity (Wildman–Crippen MR) is 76.3 cm³/mol. The van der Waals surface area contributed by atoms with E-state index in [0.29, 0.717) is 48.7 Å². The monoisotopic (exact) mass is 303 g/mol. The quantitative estimate of drug-likeness (QED) is 0.833. The Morgan fingerprint density at radius 2 is 2.05 bits per heavy atom. The lowest BCUT2D eigenvalue weighted by atomic mass is 10.1. The summed E-state index contributed by atoms with van der Waals surface area (Å²) in [4.78, 5) is 33.2. The molecule has 116 valence electrons. The van der Waals surface area contributed by atoms with Crippen LogP contribution < -0.4 is 5.56 Å². The lowest BCUT2D eigenvalue weighted by molar-refractivity contribution is -0.130. The van der Waals surface area contributed by atoms with Crippen LogP contribution in [0.1, 0.15) is 28.5 Å². The highest BCUT2D eigenvalue weighted by atomic mass is 16.6. The third-order valence-corrected chi connectivity index (χ3v) is 3.89. The van der Waals surface area contributed by atoms with Crippen LogP contribution in [0.25, 0.3) is 0 Å². The van der Waals surface area contributed by atoms with Crippen molar-refractivity contribution >= 4 is 5.91 Å². The summed E-state index contributed by atoms with van der Waals surface area (Å²) >= 11 is 0. The molecule has 8 nitrogen and oxygen atoms in total. The summed E-state index contributed by atoms with van der Waals surface area (Å²) in [7, 11) is 0. The van der Waals surface area contributed by atoms with Crippen LogP contribution in [-0.4, -0.2) is 44.2 Å². The molecule has 0 atom stereocenters. The third kappa shape index (κ3) is 2.76. The van der Waals surface area contributed by atoms with Crippen molar-refractivity contribution in [3.05, 3.63) is 38.8 Å². The smallest absolute Gasteiger partial charge is 0.254 e. The number of rotatable bonds is 2. The van der Waals surface area contributed by atoms with Gasteiger partial charge in [0, 0.05) is 25.1 Å². The maximum atomic E-state index is 12.4. The molecule has 0 saturated carbocycles. The number of fused-ring (bicyclic) bond motifs is 1. The molecule has 0 aromatic carbocycles. The van der Waals surface area contributed by atoms with Crippen LogP contribution in [0.2, 0.25) is 0 Å². The first-order chi connectivity index (χ1) is 10.5. The van der Waals surface area contributed by atoms with Crippen LogP contribution in [0.15, 0.2) is 9.42 Å². The zero-order valence-corrected chi connectivity index (χ0v) is 12.5. The van der Waals surface area contributed by atoms with Gasteiger partial charge in [-0.1, -0.05) is 10.3 Å². The zero-order chi connectivity index (χ0) is 15.7. The highest BCUT2D eigenvalue weighted by molar-refractivity contribution is 5.78. The van der Waals surface area contributed by atoms with Crippen molar-refractivity contribution in [1.82, 2.24) is 25.2 Å². The third-order valence-electron chi connectivity index (χ3n) is 3.89. The Hall–Kier alpha value is -2.51. The van der Waals surface area contributed by atoms with Gasteiger partial charge in [0.1, 0.15) is 17.2 Å². The summed E-state index contributed by atoms with van der Waals surface area (Å²) in [5.41, 5.74) is 2.54. The van der Waals surface area contributed by atoms with Gasteiger partial charge >= 0.3 is 0 Å². The molecular formula is C14H17N5O3. The van der Waals surface area contributed by atoms with E-state index in [9.17, 15) is 9.59 Å². The van der Waals surface area contributed by atoms with E-state index < -0.39 is 0 Å². The Morgan fingerprint density at radius 3 is 2.77 bits per heavy atom. The molecule has 0 radical (unpaired) electrons. The van der Waals surface area contributed by atoms with Gasteiger partial charge in [-0.05, 0) is 20.3 Å². The maximum absolute atomic E-state index is 12.4. The highest BCUT2D eigenvalue weighted by Crippen LogP contribution is 2.12. The highest BCUT2D eigenvalue weighted by Gasteiger charge is 2.22. The Balaban J connectivity index is 1.74. The first-order valence-corrected chi connectivity index (χ1v) is 7.19. The standard InChI is InChI=1S/C14H17N5O3/c1-8-12(18-22-17-8)7-13(20)19-5-3-10-11(4-6-19)15-9(2)16-14(10)21/h3-7H2,1-2H3,(H,15,16,21). The number of aromatic amines is 1. The molecule has 2 aromatic rings. The van der Waals surface area contributed by atoms with Crippen LogP contribution in [-0.2, 0) is 24.1 Å². The van der Waals surface area contributed by atoms with Crippen molar-refractivity contribution in [2.45, 2.75) is 33.1 Å². The second-order valence-electron chi connectivity index (χ2n) is 5.43. The van der Waals surface area contributed by atoms with Gasteiger partial charge in [0.15, 0.2) is 0 Å². The molecule has 1 aliphatic rings. The van der Waals surface area contributed by atoms with E-state index in [1.807, 2.05) is 0 Å². The fourth-order valence-electron chi connectivity index (χ4n) is 2.65. The van der Waals surface area contributed by atoms with Crippen molar-refractivity contribution < 1.29 is 9.42 Å². The molecule has 3 rings (SSSR count). The van der Waals surface area contributed by atoms with Gasteiger partial charge < -0.3 is 9.88 Å². The molecule has 1 amide bonds. The number of hydrogen-bond donors (Lipinski definition) is 1. The number of hydrogen-bond acceptors (Lipinski definition) is 6. The van der Waals surface area contributed by atoms with E-state index in [2.05, 4.69) is 24.9 Å². The molecule has 1 aliphatic heterocycles. The van der Waals surface area contributed by atoms with Gasteiger partial charge in [-0.15, -0.1) is 0 Å². The van der Waals surface area contributed by atoms with E-state index in [1.54, 1.807) is 18.7 Å². The van der Waals surface area contributed by atoms with Gasteiger partial charge in [-0.2, -0.15) is 0 Å². The zero-order valence-electron chi connectivity index (χ0n) is 12.5. The maximum Gasteiger partial charge on any atom is 0.254 e. The number of carbonyl (C=O) groups excluding carboxylic acids is 1. The first-order valence-electron chi connectivity index (χ1n) is 7.19. The molecule has 1 N–H and O–H groups in total. The second kappa shape index (κ2) is 5.70. The van der Waals surface area contributed by atoms with E-state index in [-0.39, 0.29) is 17.9 Å².